The Bertz CT molecular complexity index is 364. The minimum absolute atomic E-state index is 0.0458. The zero-order chi connectivity index (χ0) is 13.3. The number of allylic oxidation sites excluding steroid dienone is 3. The molecule has 1 unspecified atom stereocenters. The van der Waals surface area contributed by atoms with Crippen LogP contribution in [0.2, 0.25) is 0 Å². The zero-order valence-corrected chi connectivity index (χ0v) is 10.9. The normalized spacial score (nSPS) is 12.4. The molecule has 1 heterocycles. The maximum Gasteiger partial charge on any atom is 0.202 e. The van der Waals surface area contributed by atoms with E-state index in [-0.39, 0.29) is 5.92 Å². The quantitative estimate of drug-likeness (QED) is 0.794. The van der Waals surface area contributed by atoms with E-state index in [1.165, 1.54) is 0 Å². The van der Waals surface area contributed by atoms with Crippen molar-refractivity contribution in [3.05, 3.63) is 54.8 Å². The van der Waals surface area contributed by atoms with Gasteiger partial charge in [0, 0.05) is 6.54 Å². The predicted octanol–water partition coefficient (Wildman–Crippen LogP) is 3.43. The Hall–Kier alpha value is -1.61. The molecule has 0 aliphatic rings. The number of hydrogen-bond donors (Lipinski definition) is 1. The van der Waals surface area contributed by atoms with Crippen LogP contribution in [0, 0.1) is 0 Å². The summed E-state index contributed by atoms with van der Waals surface area (Å²) < 4.78 is 5.26. The SMILES string of the molecule is C=C/C=C(\C(=C)C)C(CN)c1ncco1.CC. The second-order valence-electron chi connectivity index (χ2n) is 3.30. The summed E-state index contributed by atoms with van der Waals surface area (Å²) in [4.78, 5) is 4.11. The minimum Gasteiger partial charge on any atom is -0.448 e. The molecule has 0 amide bonds. The van der Waals surface area contributed by atoms with Crippen molar-refractivity contribution in [2.24, 2.45) is 5.73 Å². The summed E-state index contributed by atoms with van der Waals surface area (Å²) in [6, 6.07) is 0. The summed E-state index contributed by atoms with van der Waals surface area (Å²) >= 11 is 0. The first-order valence-electron chi connectivity index (χ1n) is 5.78. The third-order valence-corrected chi connectivity index (χ3v) is 2.15. The lowest BCUT2D eigenvalue weighted by molar-refractivity contribution is 0.470. The molecule has 0 aromatic carbocycles. The van der Waals surface area contributed by atoms with Gasteiger partial charge in [-0.15, -0.1) is 0 Å². The summed E-state index contributed by atoms with van der Waals surface area (Å²) in [5.74, 6) is 0.573. The van der Waals surface area contributed by atoms with Crippen molar-refractivity contribution in [2.75, 3.05) is 6.54 Å². The molecule has 0 spiro atoms. The minimum atomic E-state index is -0.0458. The van der Waals surface area contributed by atoms with Gasteiger partial charge in [0.05, 0.1) is 12.1 Å². The predicted molar refractivity (Wildman–Crippen MR) is 72.7 cm³/mol. The van der Waals surface area contributed by atoms with E-state index >= 15 is 0 Å². The molecule has 0 saturated heterocycles. The molecular formula is C14H22N2O. The Labute approximate surface area is 104 Å². The lowest BCUT2D eigenvalue weighted by Crippen LogP contribution is -2.15. The molecule has 0 saturated carbocycles. The second kappa shape index (κ2) is 8.53. The van der Waals surface area contributed by atoms with Crippen molar-refractivity contribution < 1.29 is 4.42 Å². The van der Waals surface area contributed by atoms with Gasteiger partial charge in [-0.2, -0.15) is 0 Å². The Morgan fingerprint density at radius 2 is 2.24 bits per heavy atom. The fourth-order valence-electron chi connectivity index (χ4n) is 1.45. The van der Waals surface area contributed by atoms with Crippen LogP contribution in [0.3, 0.4) is 0 Å². The average molecular weight is 234 g/mol. The zero-order valence-electron chi connectivity index (χ0n) is 10.9. The molecule has 2 N–H and O–H groups in total. The molecule has 1 aromatic heterocycles. The van der Waals surface area contributed by atoms with Crippen LogP contribution in [0.4, 0.5) is 0 Å². The molecule has 17 heavy (non-hydrogen) atoms. The lowest BCUT2D eigenvalue weighted by Gasteiger charge is -2.15. The summed E-state index contributed by atoms with van der Waals surface area (Å²) in [6.07, 6.45) is 6.77. The van der Waals surface area contributed by atoms with Gasteiger partial charge in [0.25, 0.3) is 0 Å². The van der Waals surface area contributed by atoms with Crippen molar-refractivity contribution in [1.82, 2.24) is 4.98 Å². The molecule has 1 atom stereocenters. The monoisotopic (exact) mass is 234 g/mol. The van der Waals surface area contributed by atoms with Crippen LogP contribution in [-0.2, 0) is 0 Å². The number of aromatic nitrogens is 1. The fourth-order valence-corrected chi connectivity index (χ4v) is 1.45. The first-order chi connectivity index (χ1) is 8.20. The van der Waals surface area contributed by atoms with Crippen LogP contribution < -0.4 is 5.73 Å². The van der Waals surface area contributed by atoms with E-state index in [9.17, 15) is 0 Å². The molecule has 1 aromatic rings. The molecule has 1 rings (SSSR count). The van der Waals surface area contributed by atoms with Crippen molar-refractivity contribution in [3.63, 3.8) is 0 Å². The highest BCUT2D eigenvalue weighted by Crippen LogP contribution is 2.26. The summed E-state index contributed by atoms with van der Waals surface area (Å²) in [5.41, 5.74) is 7.67. The van der Waals surface area contributed by atoms with Gasteiger partial charge in [-0.25, -0.2) is 4.98 Å². The van der Waals surface area contributed by atoms with Crippen LogP contribution in [0.5, 0.6) is 0 Å². The smallest absolute Gasteiger partial charge is 0.202 e. The molecular weight excluding hydrogens is 212 g/mol. The van der Waals surface area contributed by atoms with Crippen molar-refractivity contribution >= 4 is 0 Å². The summed E-state index contributed by atoms with van der Waals surface area (Å²) in [5, 5.41) is 0. The highest BCUT2D eigenvalue weighted by atomic mass is 16.3. The van der Waals surface area contributed by atoms with Crippen LogP contribution in [-0.4, -0.2) is 11.5 Å². The van der Waals surface area contributed by atoms with Gasteiger partial charge in [0.1, 0.15) is 6.26 Å². The maximum atomic E-state index is 5.72. The Kier molecular flexibility index (Phi) is 7.72. The molecule has 94 valence electrons. The molecule has 3 nitrogen and oxygen atoms in total. The largest absolute Gasteiger partial charge is 0.448 e. The fraction of sp³-hybridized carbons (Fsp3) is 0.357. The van der Waals surface area contributed by atoms with Gasteiger partial charge in [-0.3, -0.25) is 0 Å². The average Bonchev–Trinajstić information content (AvgIpc) is 2.85. The highest BCUT2D eigenvalue weighted by Gasteiger charge is 2.19. The molecule has 3 heteroatoms. The van der Waals surface area contributed by atoms with E-state index in [0.29, 0.717) is 12.4 Å². The third-order valence-electron chi connectivity index (χ3n) is 2.15. The highest BCUT2D eigenvalue weighted by molar-refractivity contribution is 5.36. The Morgan fingerprint density at radius 1 is 1.59 bits per heavy atom. The topological polar surface area (TPSA) is 52.0 Å². The van der Waals surface area contributed by atoms with Crippen LogP contribution in [0.15, 0.2) is 53.3 Å². The van der Waals surface area contributed by atoms with E-state index in [2.05, 4.69) is 18.1 Å². The first-order valence-corrected chi connectivity index (χ1v) is 5.78. The van der Waals surface area contributed by atoms with Crippen molar-refractivity contribution in [2.45, 2.75) is 26.7 Å². The summed E-state index contributed by atoms with van der Waals surface area (Å²) in [7, 11) is 0. The first kappa shape index (κ1) is 15.4. The maximum absolute atomic E-state index is 5.72. The Balaban J connectivity index is 0.00000121. The number of nitrogens with zero attached hydrogens (tertiary/aromatic N) is 1. The Morgan fingerprint density at radius 3 is 2.59 bits per heavy atom. The van der Waals surface area contributed by atoms with Crippen LogP contribution in [0.25, 0.3) is 0 Å². The lowest BCUT2D eigenvalue weighted by atomic mass is 9.93. The van der Waals surface area contributed by atoms with Gasteiger partial charge in [0.15, 0.2) is 0 Å². The molecule has 0 radical (unpaired) electrons. The third kappa shape index (κ3) is 4.41. The van der Waals surface area contributed by atoms with Gasteiger partial charge in [-0.05, 0) is 12.5 Å². The summed E-state index contributed by atoms with van der Waals surface area (Å²) in [6.45, 7) is 14.0. The number of rotatable bonds is 5. The van der Waals surface area contributed by atoms with Gasteiger partial charge in [-0.1, -0.05) is 44.7 Å². The van der Waals surface area contributed by atoms with Gasteiger partial charge in [0.2, 0.25) is 5.89 Å². The van der Waals surface area contributed by atoms with E-state index in [0.717, 1.165) is 11.1 Å². The van der Waals surface area contributed by atoms with Crippen LogP contribution in [0.1, 0.15) is 32.6 Å². The molecule has 0 aliphatic heterocycles. The molecule has 0 bridgehead atoms. The van der Waals surface area contributed by atoms with Gasteiger partial charge >= 0.3 is 0 Å². The molecule has 0 fully saturated rings. The number of nitrogens with two attached hydrogens (primary N) is 1. The number of hydrogen-bond acceptors (Lipinski definition) is 3. The van der Waals surface area contributed by atoms with Crippen molar-refractivity contribution in [1.29, 1.82) is 0 Å². The molecule has 0 aliphatic carbocycles. The number of oxazole rings is 1. The standard InChI is InChI=1S/C12H16N2O.C2H6/c1-4-5-10(9(2)3)11(8-13)12-14-6-7-15-12;1-2/h4-7,11H,1-2,8,13H2,3H3;1-2H3/b10-5+;. The van der Waals surface area contributed by atoms with Crippen LogP contribution >= 0.6 is 0 Å². The van der Waals surface area contributed by atoms with Crippen molar-refractivity contribution in [3.8, 4) is 0 Å². The van der Waals surface area contributed by atoms with E-state index < -0.39 is 0 Å². The van der Waals surface area contributed by atoms with E-state index in [4.69, 9.17) is 10.2 Å². The van der Waals surface area contributed by atoms with E-state index in [1.807, 2.05) is 26.8 Å². The second-order valence-corrected chi connectivity index (χ2v) is 3.30. The van der Waals surface area contributed by atoms with E-state index in [1.54, 1.807) is 18.5 Å². The van der Waals surface area contributed by atoms with Gasteiger partial charge < -0.3 is 10.2 Å².